The van der Waals surface area contributed by atoms with Gasteiger partial charge in [0.15, 0.2) is 9.84 Å². The second-order valence-corrected chi connectivity index (χ2v) is 5.99. The van der Waals surface area contributed by atoms with Crippen molar-refractivity contribution >= 4 is 21.5 Å². The van der Waals surface area contributed by atoms with Crippen LogP contribution in [0.1, 0.15) is 18.4 Å². The first-order chi connectivity index (χ1) is 8.68. The summed E-state index contributed by atoms with van der Waals surface area (Å²) in [5, 5.41) is 10.9. The van der Waals surface area contributed by atoms with Gasteiger partial charge in [-0.25, -0.2) is 8.42 Å². The van der Waals surface area contributed by atoms with Gasteiger partial charge in [0, 0.05) is 12.3 Å². The van der Waals surface area contributed by atoms with E-state index in [9.17, 15) is 23.3 Å². The molecule has 0 bridgehead atoms. The highest BCUT2D eigenvalue weighted by Gasteiger charge is 2.25. The number of methoxy groups -OCH3 is 1. The summed E-state index contributed by atoms with van der Waals surface area (Å²) in [7, 11) is -2.50. The van der Waals surface area contributed by atoms with Crippen molar-refractivity contribution < 1.29 is 22.9 Å². The van der Waals surface area contributed by atoms with Crippen LogP contribution in [0.25, 0.3) is 0 Å². The molecule has 1 atom stereocenters. The summed E-state index contributed by atoms with van der Waals surface area (Å²) in [5.41, 5.74) is -0.221. The smallest absolute Gasteiger partial charge is 0.312 e. The average molecular weight is 287 g/mol. The van der Waals surface area contributed by atoms with E-state index in [0.29, 0.717) is 5.56 Å². The molecule has 19 heavy (non-hydrogen) atoms. The summed E-state index contributed by atoms with van der Waals surface area (Å²) in [4.78, 5) is 21.1. The SMILES string of the molecule is COC(=O)C(C)c1ccc(S(C)(=O)=O)c([N+](=O)[O-])c1. The number of carbonyl (C=O) groups is 1. The molecule has 0 radical (unpaired) electrons. The zero-order chi connectivity index (χ0) is 14.8. The molecule has 0 N–H and O–H groups in total. The van der Waals surface area contributed by atoms with E-state index >= 15 is 0 Å². The zero-order valence-electron chi connectivity index (χ0n) is 10.6. The first-order valence-electron chi connectivity index (χ1n) is 5.24. The number of carbonyl (C=O) groups excluding carboxylic acids is 1. The Bertz CT molecular complexity index is 622. The Kier molecular flexibility index (Phi) is 4.25. The van der Waals surface area contributed by atoms with E-state index in [1.807, 2.05) is 0 Å². The zero-order valence-corrected chi connectivity index (χ0v) is 11.4. The number of nitrogens with zero attached hydrogens (tertiary/aromatic N) is 1. The quantitative estimate of drug-likeness (QED) is 0.469. The van der Waals surface area contributed by atoms with Gasteiger partial charge < -0.3 is 4.74 Å². The van der Waals surface area contributed by atoms with Crippen molar-refractivity contribution in [3.8, 4) is 0 Å². The topological polar surface area (TPSA) is 104 Å². The van der Waals surface area contributed by atoms with Crippen LogP contribution in [0.5, 0.6) is 0 Å². The van der Waals surface area contributed by atoms with Crippen molar-refractivity contribution in [2.45, 2.75) is 17.7 Å². The van der Waals surface area contributed by atoms with Crippen LogP contribution < -0.4 is 0 Å². The molecule has 0 spiro atoms. The number of rotatable bonds is 4. The summed E-state index contributed by atoms with van der Waals surface area (Å²) in [5.74, 6) is -1.27. The summed E-state index contributed by atoms with van der Waals surface area (Å²) < 4.78 is 27.4. The molecule has 0 heterocycles. The molecule has 0 aromatic heterocycles. The highest BCUT2D eigenvalue weighted by molar-refractivity contribution is 7.90. The van der Waals surface area contributed by atoms with Crippen LogP contribution in [0.15, 0.2) is 23.1 Å². The van der Waals surface area contributed by atoms with Crippen LogP contribution in [-0.4, -0.2) is 32.7 Å². The minimum absolute atomic E-state index is 0.325. The first-order valence-corrected chi connectivity index (χ1v) is 7.14. The van der Waals surface area contributed by atoms with E-state index in [-0.39, 0.29) is 4.90 Å². The Morgan fingerprint density at radius 1 is 1.42 bits per heavy atom. The van der Waals surface area contributed by atoms with Crippen molar-refractivity contribution in [1.82, 2.24) is 0 Å². The normalized spacial score (nSPS) is 12.8. The van der Waals surface area contributed by atoms with Crippen molar-refractivity contribution in [2.24, 2.45) is 0 Å². The van der Waals surface area contributed by atoms with Gasteiger partial charge in [-0.15, -0.1) is 0 Å². The molecule has 1 rings (SSSR count). The van der Waals surface area contributed by atoms with Crippen molar-refractivity contribution in [3.63, 3.8) is 0 Å². The predicted octanol–water partition coefficient (Wildman–Crippen LogP) is 1.27. The Balaban J connectivity index is 3.40. The standard InChI is InChI=1S/C11H13NO6S/c1-7(11(13)18-2)8-4-5-10(19(3,16)17)9(6-8)12(14)15/h4-7H,1-3H3. The molecule has 104 valence electrons. The maximum absolute atomic E-state index is 11.4. The number of ether oxygens (including phenoxy) is 1. The first kappa shape index (κ1) is 15.1. The van der Waals surface area contributed by atoms with Crippen LogP contribution in [-0.2, 0) is 19.4 Å². The molecule has 0 saturated carbocycles. The van der Waals surface area contributed by atoms with Crippen LogP contribution in [0, 0.1) is 10.1 Å². The van der Waals surface area contributed by atoms with E-state index in [4.69, 9.17) is 0 Å². The minimum Gasteiger partial charge on any atom is -0.469 e. The van der Waals surface area contributed by atoms with Gasteiger partial charge in [-0.05, 0) is 18.6 Å². The fourth-order valence-corrected chi connectivity index (χ4v) is 2.40. The van der Waals surface area contributed by atoms with Gasteiger partial charge in [0.1, 0.15) is 4.90 Å². The monoisotopic (exact) mass is 287 g/mol. The summed E-state index contributed by atoms with van der Waals surface area (Å²) >= 11 is 0. The summed E-state index contributed by atoms with van der Waals surface area (Å²) in [6.07, 6.45) is 0.888. The molecule has 1 unspecified atom stereocenters. The lowest BCUT2D eigenvalue weighted by Crippen LogP contribution is -2.12. The fraction of sp³-hybridized carbons (Fsp3) is 0.364. The van der Waals surface area contributed by atoms with Crippen molar-refractivity contribution in [2.75, 3.05) is 13.4 Å². The number of esters is 1. The highest BCUT2D eigenvalue weighted by Crippen LogP contribution is 2.28. The second-order valence-electron chi connectivity index (χ2n) is 4.00. The minimum atomic E-state index is -3.70. The van der Waals surface area contributed by atoms with Gasteiger partial charge >= 0.3 is 5.97 Å². The van der Waals surface area contributed by atoms with E-state index in [1.165, 1.54) is 20.1 Å². The van der Waals surface area contributed by atoms with Gasteiger partial charge in [-0.2, -0.15) is 0 Å². The largest absolute Gasteiger partial charge is 0.469 e. The molecule has 0 fully saturated rings. The third-order valence-corrected chi connectivity index (χ3v) is 3.78. The van der Waals surface area contributed by atoms with E-state index < -0.39 is 32.3 Å². The van der Waals surface area contributed by atoms with Crippen molar-refractivity contribution in [1.29, 1.82) is 0 Å². The lowest BCUT2D eigenvalue weighted by Gasteiger charge is -2.10. The third-order valence-electron chi connectivity index (χ3n) is 2.63. The molecule has 7 nitrogen and oxygen atoms in total. The van der Waals surface area contributed by atoms with Crippen molar-refractivity contribution in [3.05, 3.63) is 33.9 Å². The number of hydrogen-bond acceptors (Lipinski definition) is 6. The van der Waals surface area contributed by atoms with E-state index in [1.54, 1.807) is 0 Å². The van der Waals surface area contributed by atoms with E-state index in [2.05, 4.69) is 4.74 Å². The fourth-order valence-electron chi connectivity index (χ4n) is 1.57. The molecule has 0 aliphatic rings. The van der Waals surface area contributed by atoms with Gasteiger partial charge in [-0.3, -0.25) is 14.9 Å². The van der Waals surface area contributed by atoms with Gasteiger partial charge in [0.25, 0.3) is 5.69 Å². The Labute approximate surface area is 110 Å². The van der Waals surface area contributed by atoms with Crippen LogP contribution in [0.4, 0.5) is 5.69 Å². The Hall–Kier alpha value is -1.96. The van der Waals surface area contributed by atoms with Gasteiger partial charge in [0.05, 0.1) is 18.0 Å². The van der Waals surface area contributed by atoms with Crippen LogP contribution in [0.2, 0.25) is 0 Å². The maximum atomic E-state index is 11.4. The van der Waals surface area contributed by atoms with Crippen LogP contribution in [0.3, 0.4) is 0 Å². The third kappa shape index (κ3) is 3.28. The molecule has 0 amide bonds. The molecule has 1 aromatic carbocycles. The summed E-state index contributed by atoms with van der Waals surface area (Å²) in [6, 6.07) is 3.57. The highest BCUT2D eigenvalue weighted by atomic mass is 32.2. The molecule has 0 aliphatic carbocycles. The lowest BCUT2D eigenvalue weighted by atomic mass is 10.0. The number of nitro groups is 1. The Morgan fingerprint density at radius 3 is 2.42 bits per heavy atom. The summed E-state index contributed by atoms with van der Waals surface area (Å²) in [6.45, 7) is 1.52. The number of hydrogen-bond donors (Lipinski definition) is 0. The predicted molar refractivity (Wildman–Crippen MR) is 66.6 cm³/mol. The molecule has 0 saturated heterocycles. The molecule has 0 aliphatic heterocycles. The average Bonchev–Trinajstić information content (AvgIpc) is 2.35. The molecular formula is C11H13NO6S. The second kappa shape index (κ2) is 5.35. The van der Waals surface area contributed by atoms with E-state index in [0.717, 1.165) is 18.4 Å². The molecular weight excluding hydrogens is 274 g/mol. The molecule has 1 aromatic rings. The number of benzene rings is 1. The van der Waals surface area contributed by atoms with Gasteiger partial charge in [-0.1, -0.05) is 6.07 Å². The maximum Gasteiger partial charge on any atom is 0.312 e. The van der Waals surface area contributed by atoms with Gasteiger partial charge in [0.2, 0.25) is 0 Å². The number of nitro benzene ring substituents is 1. The Morgan fingerprint density at radius 2 is 2.00 bits per heavy atom. The van der Waals surface area contributed by atoms with Crippen LogP contribution >= 0.6 is 0 Å². The number of sulfone groups is 1. The molecule has 8 heteroatoms. The lowest BCUT2D eigenvalue weighted by molar-refractivity contribution is -0.387.